The molecular formula is C5H11ClNPS. The lowest BCUT2D eigenvalue weighted by molar-refractivity contribution is 0.574. The van der Waals surface area contributed by atoms with Crippen LogP contribution in [0, 0.1) is 0 Å². The van der Waals surface area contributed by atoms with Crippen molar-refractivity contribution in [3.05, 3.63) is 0 Å². The average Bonchev–Trinajstić information content (AvgIpc) is 2.08. The van der Waals surface area contributed by atoms with E-state index in [1.807, 2.05) is 6.66 Å². The van der Waals surface area contributed by atoms with Gasteiger partial charge in [0, 0.05) is 13.1 Å². The summed E-state index contributed by atoms with van der Waals surface area (Å²) in [4.78, 5) is 0. The van der Waals surface area contributed by atoms with Crippen LogP contribution in [0.3, 0.4) is 0 Å². The zero-order chi connectivity index (χ0) is 6.91. The van der Waals surface area contributed by atoms with Crippen molar-refractivity contribution in [2.75, 3.05) is 19.8 Å². The molecule has 1 aliphatic rings. The lowest BCUT2D eigenvalue weighted by atomic mass is 10.4. The normalized spacial score (nSPS) is 28.2. The van der Waals surface area contributed by atoms with Crippen LogP contribution in [0.15, 0.2) is 0 Å². The van der Waals surface area contributed by atoms with Crippen molar-refractivity contribution in [2.24, 2.45) is 0 Å². The summed E-state index contributed by atoms with van der Waals surface area (Å²) in [5, 5.41) is 0. The minimum atomic E-state index is -1.57. The Morgan fingerprint density at radius 1 is 1.44 bits per heavy atom. The van der Waals surface area contributed by atoms with Crippen molar-refractivity contribution < 1.29 is 0 Å². The maximum absolute atomic E-state index is 5.99. The Morgan fingerprint density at radius 3 is 2.11 bits per heavy atom. The third kappa shape index (κ3) is 2.19. The molecule has 1 unspecified atom stereocenters. The van der Waals surface area contributed by atoms with Gasteiger partial charge in [0.05, 0.1) is 5.54 Å². The minimum Gasteiger partial charge on any atom is -0.264 e. The fourth-order valence-electron chi connectivity index (χ4n) is 1.06. The standard InChI is InChI=1S/C5H11ClNPS/c1-8(6,9)7-4-2-3-5-7/h2-5H2,1H3. The summed E-state index contributed by atoms with van der Waals surface area (Å²) in [7, 11) is 0. The Hall–Kier alpha value is 0.900. The summed E-state index contributed by atoms with van der Waals surface area (Å²) in [5.74, 6) is 0. The van der Waals surface area contributed by atoms with Gasteiger partial charge in [-0.05, 0) is 19.5 Å². The molecular weight excluding hydrogens is 173 g/mol. The maximum atomic E-state index is 5.99. The molecule has 0 amide bonds. The van der Waals surface area contributed by atoms with E-state index in [0.29, 0.717) is 0 Å². The van der Waals surface area contributed by atoms with Crippen LogP contribution in [-0.2, 0) is 11.8 Å². The molecule has 54 valence electrons. The van der Waals surface area contributed by atoms with Crippen molar-refractivity contribution in [2.45, 2.75) is 12.8 Å². The molecule has 1 heterocycles. The van der Waals surface area contributed by atoms with Crippen LogP contribution in [0.25, 0.3) is 0 Å². The monoisotopic (exact) mass is 183 g/mol. The largest absolute Gasteiger partial charge is 0.264 e. The SMILES string of the molecule is CP(=S)(Cl)N1CCCC1. The van der Waals surface area contributed by atoms with E-state index in [2.05, 4.69) is 4.67 Å². The van der Waals surface area contributed by atoms with Gasteiger partial charge >= 0.3 is 0 Å². The molecule has 1 aliphatic heterocycles. The number of rotatable bonds is 1. The van der Waals surface area contributed by atoms with E-state index >= 15 is 0 Å². The highest BCUT2D eigenvalue weighted by Gasteiger charge is 2.20. The molecule has 4 heteroatoms. The molecule has 1 nitrogen and oxygen atoms in total. The van der Waals surface area contributed by atoms with Gasteiger partial charge in [-0.2, -0.15) is 0 Å². The molecule has 1 fully saturated rings. The van der Waals surface area contributed by atoms with Crippen LogP contribution in [0.4, 0.5) is 0 Å². The second-order valence-electron chi connectivity index (χ2n) is 2.44. The fraction of sp³-hybridized carbons (Fsp3) is 1.00. The Kier molecular flexibility index (Phi) is 2.56. The summed E-state index contributed by atoms with van der Waals surface area (Å²) in [6, 6.07) is 0. The molecule has 0 aromatic carbocycles. The lowest BCUT2D eigenvalue weighted by Gasteiger charge is -2.20. The predicted molar refractivity (Wildman–Crippen MR) is 46.9 cm³/mol. The molecule has 1 atom stereocenters. The van der Waals surface area contributed by atoms with Gasteiger partial charge in [-0.25, -0.2) is 0 Å². The number of nitrogens with zero attached hydrogens (tertiary/aromatic N) is 1. The first-order valence-corrected chi connectivity index (χ1v) is 7.24. The molecule has 1 saturated heterocycles. The Morgan fingerprint density at radius 2 is 1.89 bits per heavy atom. The van der Waals surface area contributed by atoms with Crippen LogP contribution >= 0.6 is 16.8 Å². The fourth-order valence-corrected chi connectivity index (χ4v) is 3.00. The minimum absolute atomic E-state index is 1.12. The highest BCUT2D eigenvalue weighted by molar-refractivity contribution is 8.25. The van der Waals surface area contributed by atoms with E-state index in [1.165, 1.54) is 12.8 Å². The summed E-state index contributed by atoms with van der Waals surface area (Å²) in [6.07, 6.45) is 2.55. The topological polar surface area (TPSA) is 3.24 Å². The Labute approximate surface area is 66.2 Å². The number of halogens is 1. The van der Waals surface area contributed by atoms with Crippen LogP contribution in [0.2, 0.25) is 0 Å². The molecule has 1 rings (SSSR count). The van der Waals surface area contributed by atoms with Gasteiger partial charge < -0.3 is 0 Å². The van der Waals surface area contributed by atoms with Crippen molar-refractivity contribution in [3.63, 3.8) is 0 Å². The first-order valence-electron chi connectivity index (χ1n) is 3.13. The highest BCUT2D eigenvalue weighted by Crippen LogP contribution is 2.52. The van der Waals surface area contributed by atoms with Gasteiger partial charge in [-0.3, -0.25) is 4.67 Å². The molecule has 0 spiro atoms. The van der Waals surface area contributed by atoms with Crippen molar-refractivity contribution >= 4 is 28.6 Å². The maximum Gasteiger partial charge on any atom is 0.0957 e. The number of hydrogen-bond acceptors (Lipinski definition) is 1. The van der Waals surface area contributed by atoms with E-state index in [0.717, 1.165) is 13.1 Å². The molecule has 9 heavy (non-hydrogen) atoms. The summed E-state index contributed by atoms with van der Waals surface area (Å²) in [5.41, 5.74) is -1.57. The van der Waals surface area contributed by atoms with Crippen LogP contribution in [-0.4, -0.2) is 24.4 Å². The summed E-state index contributed by atoms with van der Waals surface area (Å²) in [6.45, 7) is 4.23. The summed E-state index contributed by atoms with van der Waals surface area (Å²) >= 11 is 11.1. The molecule has 0 saturated carbocycles. The van der Waals surface area contributed by atoms with Crippen LogP contribution in [0.5, 0.6) is 0 Å². The van der Waals surface area contributed by atoms with Crippen LogP contribution in [0.1, 0.15) is 12.8 Å². The molecule has 0 N–H and O–H groups in total. The van der Waals surface area contributed by atoms with E-state index in [9.17, 15) is 0 Å². The summed E-state index contributed by atoms with van der Waals surface area (Å²) < 4.78 is 2.24. The van der Waals surface area contributed by atoms with E-state index in [-0.39, 0.29) is 0 Å². The highest BCUT2D eigenvalue weighted by atomic mass is 35.7. The first-order chi connectivity index (χ1) is 4.11. The van der Waals surface area contributed by atoms with Gasteiger partial charge in [-0.1, -0.05) is 23.0 Å². The molecule has 0 aromatic rings. The molecule has 0 aromatic heterocycles. The Balaban J connectivity index is 2.52. The number of hydrogen-bond donors (Lipinski definition) is 0. The molecule has 0 radical (unpaired) electrons. The van der Waals surface area contributed by atoms with E-state index in [4.69, 9.17) is 23.0 Å². The third-order valence-corrected chi connectivity index (χ3v) is 4.33. The van der Waals surface area contributed by atoms with Gasteiger partial charge in [0.15, 0.2) is 0 Å². The Bertz CT molecular complexity index is 138. The van der Waals surface area contributed by atoms with Crippen molar-refractivity contribution in [1.82, 2.24) is 4.67 Å². The molecule has 0 bridgehead atoms. The first kappa shape index (κ1) is 8.00. The quantitative estimate of drug-likeness (QED) is 0.574. The third-order valence-electron chi connectivity index (χ3n) is 1.59. The zero-order valence-electron chi connectivity index (χ0n) is 5.51. The van der Waals surface area contributed by atoms with Gasteiger partial charge in [0.25, 0.3) is 0 Å². The van der Waals surface area contributed by atoms with Gasteiger partial charge in [0.2, 0.25) is 0 Å². The van der Waals surface area contributed by atoms with Crippen molar-refractivity contribution in [3.8, 4) is 0 Å². The zero-order valence-corrected chi connectivity index (χ0v) is 7.98. The second kappa shape index (κ2) is 2.87. The predicted octanol–water partition coefficient (Wildman–Crippen LogP) is 2.26. The second-order valence-corrected chi connectivity index (χ2v) is 9.27. The van der Waals surface area contributed by atoms with Crippen molar-refractivity contribution in [1.29, 1.82) is 0 Å². The van der Waals surface area contributed by atoms with Crippen LogP contribution < -0.4 is 0 Å². The smallest absolute Gasteiger partial charge is 0.0957 e. The van der Waals surface area contributed by atoms with Gasteiger partial charge in [-0.15, -0.1) is 0 Å². The van der Waals surface area contributed by atoms with Gasteiger partial charge in [0.1, 0.15) is 0 Å². The molecule has 0 aliphatic carbocycles. The average molecular weight is 184 g/mol. The van der Waals surface area contributed by atoms with E-state index in [1.54, 1.807) is 0 Å². The van der Waals surface area contributed by atoms with E-state index < -0.39 is 5.54 Å². The lowest BCUT2D eigenvalue weighted by Crippen LogP contribution is -2.11.